The fraction of sp³-hybridized carbons (Fsp3) is 0. The molecule has 112 valence electrons. The van der Waals surface area contributed by atoms with Crippen molar-refractivity contribution >= 4 is 21.6 Å². The molecule has 0 aliphatic heterocycles. The summed E-state index contributed by atoms with van der Waals surface area (Å²) in [5.74, 6) is 0. The first kappa shape index (κ1) is 14.7. The third kappa shape index (κ3) is 3.01. The van der Waals surface area contributed by atoms with Crippen LogP contribution in [0.2, 0.25) is 5.02 Å². The van der Waals surface area contributed by atoms with Gasteiger partial charge >= 0.3 is 0 Å². The van der Waals surface area contributed by atoms with Crippen LogP contribution in [0.1, 0.15) is 0 Å². The standard InChI is InChI=1S/C14H11ClN4O2S/c15-11-3-1-10(2-4-11)14-9-19(18-17-14)12-5-7-13(8-6-12)22(16,20)21/h1-9H,(H2,16,20,21). The van der Waals surface area contributed by atoms with Gasteiger partial charge in [0, 0.05) is 10.6 Å². The number of hydrogen-bond acceptors (Lipinski definition) is 4. The Labute approximate surface area is 132 Å². The van der Waals surface area contributed by atoms with Crippen LogP contribution in [0.15, 0.2) is 59.6 Å². The predicted molar refractivity (Wildman–Crippen MR) is 83.2 cm³/mol. The van der Waals surface area contributed by atoms with Crippen LogP contribution < -0.4 is 5.14 Å². The molecule has 2 aromatic carbocycles. The highest BCUT2D eigenvalue weighted by Gasteiger charge is 2.09. The minimum absolute atomic E-state index is 0.0503. The largest absolute Gasteiger partial charge is 0.238 e. The number of hydrogen-bond donors (Lipinski definition) is 1. The van der Waals surface area contributed by atoms with Crippen molar-refractivity contribution in [3.05, 3.63) is 59.8 Å². The predicted octanol–water partition coefficient (Wildman–Crippen LogP) is 2.24. The lowest BCUT2D eigenvalue weighted by molar-refractivity contribution is 0.598. The van der Waals surface area contributed by atoms with Gasteiger partial charge in [-0.15, -0.1) is 5.10 Å². The summed E-state index contributed by atoms with van der Waals surface area (Å²) in [5.41, 5.74) is 2.25. The summed E-state index contributed by atoms with van der Waals surface area (Å²) in [6, 6.07) is 13.3. The summed E-state index contributed by atoms with van der Waals surface area (Å²) in [6.45, 7) is 0. The van der Waals surface area contributed by atoms with Gasteiger partial charge in [0.15, 0.2) is 0 Å². The number of sulfonamides is 1. The van der Waals surface area contributed by atoms with Gasteiger partial charge in [-0.25, -0.2) is 18.2 Å². The quantitative estimate of drug-likeness (QED) is 0.795. The second-order valence-electron chi connectivity index (χ2n) is 4.59. The van der Waals surface area contributed by atoms with E-state index >= 15 is 0 Å². The van der Waals surface area contributed by atoms with E-state index in [4.69, 9.17) is 16.7 Å². The van der Waals surface area contributed by atoms with E-state index in [1.165, 1.54) is 12.1 Å². The van der Waals surface area contributed by atoms with Crippen LogP contribution in [-0.2, 0) is 10.0 Å². The summed E-state index contributed by atoms with van der Waals surface area (Å²) in [7, 11) is -3.70. The lowest BCUT2D eigenvalue weighted by atomic mass is 10.2. The molecule has 3 rings (SSSR count). The third-order valence-electron chi connectivity index (χ3n) is 3.06. The molecule has 0 saturated carbocycles. The van der Waals surface area contributed by atoms with E-state index in [0.717, 1.165) is 5.56 Å². The second kappa shape index (κ2) is 5.53. The molecule has 0 aliphatic carbocycles. The molecule has 0 amide bonds. The molecule has 3 aromatic rings. The molecular weight excluding hydrogens is 324 g/mol. The van der Waals surface area contributed by atoms with Crippen LogP contribution in [0.5, 0.6) is 0 Å². The van der Waals surface area contributed by atoms with Crippen LogP contribution in [0.3, 0.4) is 0 Å². The van der Waals surface area contributed by atoms with Crippen LogP contribution in [-0.4, -0.2) is 23.4 Å². The number of nitrogens with two attached hydrogens (primary N) is 1. The van der Waals surface area contributed by atoms with Crippen molar-refractivity contribution < 1.29 is 8.42 Å². The molecule has 2 N–H and O–H groups in total. The van der Waals surface area contributed by atoms with Crippen molar-refractivity contribution in [1.82, 2.24) is 15.0 Å². The molecule has 1 aromatic heterocycles. The van der Waals surface area contributed by atoms with Crippen molar-refractivity contribution in [2.75, 3.05) is 0 Å². The molecule has 6 nitrogen and oxygen atoms in total. The molecule has 0 fully saturated rings. The summed E-state index contributed by atoms with van der Waals surface area (Å²) < 4.78 is 24.0. The molecule has 0 aliphatic rings. The Morgan fingerprint density at radius 1 is 1.00 bits per heavy atom. The Balaban J connectivity index is 1.92. The lowest BCUT2D eigenvalue weighted by Gasteiger charge is -2.01. The van der Waals surface area contributed by atoms with E-state index in [1.807, 2.05) is 12.1 Å². The van der Waals surface area contributed by atoms with Gasteiger partial charge in [0.25, 0.3) is 0 Å². The number of rotatable bonds is 3. The van der Waals surface area contributed by atoms with Gasteiger partial charge in [-0.1, -0.05) is 28.9 Å². The number of primary sulfonamides is 1. The first-order valence-electron chi connectivity index (χ1n) is 6.25. The van der Waals surface area contributed by atoms with Gasteiger partial charge in [0.2, 0.25) is 10.0 Å². The molecule has 1 heterocycles. The molecule has 0 bridgehead atoms. The molecule has 0 spiro atoms. The van der Waals surface area contributed by atoms with E-state index in [9.17, 15) is 8.42 Å². The van der Waals surface area contributed by atoms with Gasteiger partial charge < -0.3 is 0 Å². The Hall–Kier alpha value is -2.22. The topological polar surface area (TPSA) is 90.9 Å². The molecule has 0 radical (unpaired) electrons. The maximum Gasteiger partial charge on any atom is 0.238 e. The van der Waals surface area contributed by atoms with Gasteiger partial charge in [-0.05, 0) is 36.4 Å². The first-order valence-corrected chi connectivity index (χ1v) is 8.17. The summed E-state index contributed by atoms with van der Waals surface area (Å²) in [4.78, 5) is 0.0503. The first-order chi connectivity index (χ1) is 10.4. The zero-order valence-corrected chi connectivity index (χ0v) is 12.8. The molecule has 8 heteroatoms. The second-order valence-corrected chi connectivity index (χ2v) is 6.59. The summed E-state index contributed by atoms with van der Waals surface area (Å²) in [6.07, 6.45) is 1.75. The van der Waals surface area contributed by atoms with Gasteiger partial charge in [0.1, 0.15) is 5.69 Å². The third-order valence-corrected chi connectivity index (χ3v) is 4.24. The maximum absolute atomic E-state index is 11.2. The van der Waals surface area contributed by atoms with Crippen LogP contribution >= 0.6 is 11.6 Å². The fourth-order valence-corrected chi connectivity index (χ4v) is 2.57. The number of halogens is 1. The SMILES string of the molecule is NS(=O)(=O)c1ccc(-n2cc(-c3ccc(Cl)cc3)nn2)cc1. The van der Waals surface area contributed by atoms with E-state index in [2.05, 4.69) is 10.3 Å². The number of aromatic nitrogens is 3. The fourth-order valence-electron chi connectivity index (χ4n) is 1.93. The highest BCUT2D eigenvalue weighted by Crippen LogP contribution is 2.20. The summed E-state index contributed by atoms with van der Waals surface area (Å²) >= 11 is 5.85. The Morgan fingerprint density at radius 3 is 2.23 bits per heavy atom. The Bertz CT molecular complexity index is 903. The number of nitrogens with zero attached hydrogens (tertiary/aromatic N) is 3. The minimum Gasteiger partial charge on any atom is -0.225 e. The molecule has 0 atom stereocenters. The van der Waals surface area contributed by atoms with Crippen molar-refractivity contribution in [2.45, 2.75) is 4.90 Å². The Morgan fingerprint density at radius 2 is 1.64 bits per heavy atom. The van der Waals surface area contributed by atoms with Crippen LogP contribution in [0, 0.1) is 0 Å². The zero-order chi connectivity index (χ0) is 15.7. The molecule has 0 saturated heterocycles. The maximum atomic E-state index is 11.2. The normalized spacial score (nSPS) is 11.5. The molecule has 0 unspecified atom stereocenters. The Kier molecular flexibility index (Phi) is 3.69. The average molecular weight is 335 g/mol. The van der Waals surface area contributed by atoms with Crippen LogP contribution in [0.4, 0.5) is 0 Å². The van der Waals surface area contributed by atoms with E-state index < -0.39 is 10.0 Å². The van der Waals surface area contributed by atoms with Gasteiger partial charge in [0.05, 0.1) is 16.8 Å². The monoisotopic (exact) mass is 334 g/mol. The molecule has 22 heavy (non-hydrogen) atoms. The smallest absolute Gasteiger partial charge is 0.225 e. The van der Waals surface area contributed by atoms with Gasteiger partial charge in [-0.2, -0.15) is 0 Å². The highest BCUT2D eigenvalue weighted by molar-refractivity contribution is 7.89. The van der Waals surface area contributed by atoms with Gasteiger partial charge in [-0.3, -0.25) is 0 Å². The highest BCUT2D eigenvalue weighted by atomic mass is 35.5. The van der Waals surface area contributed by atoms with Crippen molar-refractivity contribution in [2.24, 2.45) is 5.14 Å². The lowest BCUT2D eigenvalue weighted by Crippen LogP contribution is -2.12. The van der Waals surface area contributed by atoms with Crippen LogP contribution in [0.25, 0.3) is 16.9 Å². The molecular formula is C14H11ClN4O2S. The van der Waals surface area contributed by atoms with E-state index in [1.54, 1.807) is 35.1 Å². The van der Waals surface area contributed by atoms with Crippen molar-refractivity contribution in [1.29, 1.82) is 0 Å². The average Bonchev–Trinajstić information content (AvgIpc) is 2.97. The zero-order valence-electron chi connectivity index (χ0n) is 11.2. The van der Waals surface area contributed by atoms with E-state index in [0.29, 0.717) is 16.4 Å². The van der Waals surface area contributed by atoms with Crippen molar-refractivity contribution in [3.8, 4) is 16.9 Å². The number of benzene rings is 2. The van der Waals surface area contributed by atoms with Crippen molar-refractivity contribution in [3.63, 3.8) is 0 Å². The van der Waals surface area contributed by atoms with E-state index in [-0.39, 0.29) is 4.90 Å². The minimum atomic E-state index is -3.70. The summed E-state index contributed by atoms with van der Waals surface area (Å²) in [5, 5.41) is 13.8.